The Morgan fingerprint density at radius 3 is 2.78 bits per heavy atom. The minimum atomic E-state index is -1.09. The number of carbonyl (C=O) groups excluding carboxylic acids is 3. The van der Waals surface area contributed by atoms with Crippen molar-refractivity contribution in [1.82, 2.24) is 15.5 Å². The number of benzene rings is 1. The number of nitrogens with one attached hydrogen (secondary N) is 2. The first-order chi connectivity index (χ1) is 11.0. The molecular formula is C15H14FN3O4. The number of urea groups is 1. The number of carbonyl (C=O) groups is 3. The molecule has 3 rings (SSSR count). The Bertz CT molecular complexity index is 731. The van der Waals surface area contributed by atoms with Gasteiger partial charge in [0.2, 0.25) is 0 Å². The summed E-state index contributed by atoms with van der Waals surface area (Å²) in [4.78, 5) is 37.8. The average molecular weight is 319 g/mol. The molecule has 0 bridgehead atoms. The molecule has 23 heavy (non-hydrogen) atoms. The summed E-state index contributed by atoms with van der Waals surface area (Å²) in [5, 5.41) is 5.14. The molecule has 1 atom stereocenters. The molecule has 2 aliphatic heterocycles. The first-order valence-electron chi connectivity index (χ1n) is 6.97. The van der Waals surface area contributed by atoms with Gasteiger partial charge >= 0.3 is 12.0 Å². The van der Waals surface area contributed by atoms with Crippen molar-refractivity contribution in [3.05, 3.63) is 46.9 Å². The number of nitrogens with zero attached hydrogens (tertiary/aromatic N) is 1. The van der Waals surface area contributed by atoms with E-state index in [1.165, 1.54) is 23.1 Å². The maximum Gasteiger partial charge on any atom is 0.338 e. The van der Waals surface area contributed by atoms with E-state index in [9.17, 15) is 18.8 Å². The molecule has 8 heteroatoms. The molecule has 3 amide bonds. The van der Waals surface area contributed by atoms with Crippen LogP contribution < -0.4 is 10.6 Å². The number of rotatable bonds is 2. The fourth-order valence-electron chi connectivity index (χ4n) is 2.75. The van der Waals surface area contributed by atoms with Gasteiger partial charge in [-0.1, -0.05) is 18.2 Å². The number of halogens is 1. The van der Waals surface area contributed by atoms with Crippen molar-refractivity contribution in [3.63, 3.8) is 0 Å². The zero-order valence-electron chi connectivity index (χ0n) is 12.3. The maximum absolute atomic E-state index is 14.1. The minimum absolute atomic E-state index is 0.0885. The highest BCUT2D eigenvalue weighted by molar-refractivity contribution is 6.08. The first-order valence-corrected chi connectivity index (χ1v) is 6.97. The van der Waals surface area contributed by atoms with Crippen LogP contribution in [-0.4, -0.2) is 43.0 Å². The lowest BCUT2D eigenvalue weighted by molar-refractivity contribution is -0.137. The molecular weight excluding hydrogens is 305 g/mol. The second-order valence-corrected chi connectivity index (χ2v) is 5.07. The molecule has 1 aromatic carbocycles. The van der Waals surface area contributed by atoms with Crippen LogP contribution >= 0.6 is 0 Å². The average Bonchev–Trinajstić information content (AvgIpc) is 2.55. The lowest BCUT2D eigenvalue weighted by Crippen LogP contribution is -2.57. The monoisotopic (exact) mass is 319 g/mol. The second kappa shape index (κ2) is 5.71. The summed E-state index contributed by atoms with van der Waals surface area (Å²) >= 11 is 0. The van der Waals surface area contributed by atoms with E-state index >= 15 is 0 Å². The van der Waals surface area contributed by atoms with Crippen molar-refractivity contribution < 1.29 is 23.5 Å². The highest BCUT2D eigenvalue weighted by Gasteiger charge is 2.43. The van der Waals surface area contributed by atoms with Crippen molar-refractivity contribution in [1.29, 1.82) is 0 Å². The first kappa shape index (κ1) is 15.0. The number of piperazine rings is 1. The summed E-state index contributed by atoms with van der Waals surface area (Å²) in [5.41, 5.74) is -0.0960. The number of hydrogen-bond acceptors (Lipinski definition) is 4. The van der Waals surface area contributed by atoms with Gasteiger partial charge in [0.15, 0.2) is 0 Å². The fraction of sp³-hybridized carbons (Fsp3) is 0.267. The van der Waals surface area contributed by atoms with Gasteiger partial charge in [-0.15, -0.1) is 0 Å². The van der Waals surface area contributed by atoms with Crippen LogP contribution in [0.5, 0.6) is 0 Å². The van der Waals surface area contributed by atoms with E-state index in [0.29, 0.717) is 0 Å². The van der Waals surface area contributed by atoms with E-state index in [0.717, 1.165) is 7.11 Å². The van der Waals surface area contributed by atoms with E-state index in [1.54, 1.807) is 6.07 Å². The van der Waals surface area contributed by atoms with Crippen molar-refractivity contribution in [3.8, 4) is 0 Å². The van der Waals surface area contributed by atoms with Crippen LogP contribution in [0.2, 0.25) is 0 Å². The summed E-state index contributed by atoms with van der Waals surface area (Å²) in [5.74, 6) is -1.95. The molecule has 0 radical (unpaired) electrons. The lowest BCUT2D eigenvalue weighted by Gasteiger charge is -2.38. The molecule has 0 unspecified atom stereocenters. The number of hydrogen-bond donors (Lipinski definition) is 2. The van der Waals surface area contributed by atoms with Crippen molar-refractivity contribution >= 4 is 17.9 Å². The largest absolute Gasteiger partial charge is 0.466 e. The van der Waals surface area contributed by atoms with Crippen LogP contribution in [0.3, 0.4) is 0 Å². The van der Waals surface area contributed by atoms with E-state index < -0.39 is 29.8 Å². The Morgan fingerprint density at radius 1 is 1.35 bits per heavy atom. The number of esters is 1. The zero-order chi connectivity index (χ0) is 16.6. The molecule has 0 saturated carbocycles. The minimum Gasteiger partial charge on any atom is -0.466 e. The Morgan fingerprint density at radius 2 is 2.09 bits per heavy atom. The number of ether oxygens (including phenoxy) is 1. The zero-order valence-corrected chi connectivity index (χ0v) is 12.3. The SMILES string of the molecule is COC(=O)C1=C2C(=O)NCCN2C(=O)N[C@@H]1c1ccccc1F. The Labute approximate surface area is 131 Å². The van der Waals surface area contributed by atoms with Gasteiger partial charge < -0.3 is 15.4 Å². The predicted molar refractivity (Wildman–Crippen MR) is 76.4 cm³/mol. The molecule has 1 saturated heterocycles. The van der Waals surface area contributed by atoms with Crippen LogP contribution in [-0.2, 0) is 14.3 Å². The number of amides is 3. The molecule has 7 nitrogen and oxygen atoms in total. The summed E-state index contributed by atoms with van der Waals surface area (Å²) in [7, 11) is 1.16. The summed E-state index contributed by atoms with van der Waals surface area (Å²) < 4.78 is 18.9. The topological polar surface area (TPSA) is 87.7 Å². The maximum atomic E-state index is 14.1. The van der Waals surface area contributed by atoms with Crippen LogP contribution in [0.15, 0.2) is 35.5 Å². The van der Waals surface area contributed by atoms with Gasteiger partial charge in [-0.3, -0.25) is 9.69 Å². The molecule has 120 valence electrons. The van der Waals surface area contributed by atoms with Gasteiger partial charge in [0.1, 0.15) is 11.5 Å². The van der Waals surface area contributed by atoms with Gasteiger partial charge in [0, 0.05) is 18.7 Å². The molecule has 0 spiro atoms. The lowest BCUT2D eigenvalue weighted by atomic mass is 9.93. The third-order valence-electron chi connectivity index (χ3n) is 3.78. The Kier molecular flexibility index (Phi) is 3.73. The summed E-state index contributed by atoms with van der Waals surface area (Å²) in [6.07, 6.45) is 0. The second-order valence-electron chi connectivity index (χ2n) is 5.07. The molecule has 2 N–H and O–H groups in total. The van der Waals surface area contributed by atoms with Crippen LogP contribution in [0, 0.1) is 5.82 Å². The normalized spacial score (nSPS) is 20.6. The number of fused-ring (bicyclic) bond motifs is 1. The van der Waals surface area contributed by atoms with Crippen LogP contribution in [0.4, 0.5) is 9.18 Å². The number of methoxy groups -OCH3 is 1. The van der Waals surface area contributed by atoms with Gasteiger partial charge in [0.05, 0.1) is 18.7 Å². The van der Waals surface area contributed by atoms with Gasteiger partial charge in [-0.2, -0.15) is 0 Å². The quantitative estimate of drug-likeness (QED) is 0.775. The third-order valence-corrected chi connectivity index (χ3v) is 3.78. The van der Waals surface area contributed by atoms with Gasteiger partial charge in [0.25, 0.3) is 5.91 Å². The van der Waals surface area contributed by atoms with Crippen molar-refractivity contribution in [2.45, 2.75) is 6.04 Å². The van der Waals surface area contributed by atoms with E-state index in [2.05, 4.69) is 10.6 Å². The predicted octanol–water partition coefficient (Wildman–Crippen LogP) is 0.449. The van der Waals surface area contributed by atoms with E-state index in [4.69, 9.17) is 4.74 Å². The van der Waals surface area contributed by atoms with Crippen LogP contribution in [0.1, 0.15) is 11.6 Å². The molecule has 2 heterocycles. The molecule has 0 aromatic heterocycles. The molecule has 1 aromatic rings. The summed E-state index contributed by atoms with van der Waals surface area (Å²) in [6.45, 7) is 0.492. The van der Waals surface area contributed by atoms with Gasteiger partial charge in [-0.05, 0) is 6.07 Å². The van der Waals surface area contributed by atoms with E-state index in [1.807, 2.05) is 0 Å². The van der Waals surface area contributed by atoms with Crippen LogP contribution in [0.25, 0.3) is 0 Å². The molecule has 0 aliphatic carbocycles. The summed E-state index contributed by atoms with van der Waals surface area (Å²) in [6, 6.07) is 4.09. The standard InChI is InChI=1S/C15H14FN3O4/c1-23-14(21)10-11(8-4-2-3-5-9(8)16)18-15(22)19-7-6-17-13(20)12(10)19/h2-5,11H,6-7H2,1H3,(H,17,20)(H,18,22)/t11-/m1/s1. The van der Waals surface area contributed by atoms with E-state index in [-0.39, 0.29) is 29.9 Å². The van der Waals surface area contributed by atoms with Crippen molar-refractivity contribution in [2.75, 3.05) is 20.2 Å². The smallest absolute Gasteiger partial charge is 0.338 e. The van der Waals surface area contributed by atoms with Crippen molar-refractivity contribution in [2.24, 2.45) is 0 Å². The third kappa shape index (κ3) is 2.41. The fourth-order valence-corrected chi connectivity index (χ4v) is 2.75. The molecule has 2 aliphatic rings. The highest BCUT2D eigenvalue weighted by Crippen LogP contribution is 2.33. The Hall–Kier alpha value is -2.90. The highest BCUT2D eigenvalue weighted by atomic mass is 19.1. The van der Waals surface area contributed by atoms with Gasteiger partial charge in [-0.25, -0.2) is 14.0 Å². The Balaban J connectivity index is 2.21. The molecule has 1 fully saturated rings.